The van der Waals surface area contributed by atoms with E-state index < -0.39 is 5.91 Å². The first-order valence-corrected chi connectivity index (χ1v) is 8.89. The molecule has 0 fully saturated rings. The molecule has 1 amide bonds. The molecule has 0 unspecified atom stereocenters. The highest BCUT2D eigenvalue weighted by Crippen LogP contribution is 2.34. The number of aryl methyl sites for hydroxylation is 1. The third kappa shape index (κ3) is 2.64. The minimum atomic E-state index is -0.459. The maximum absolute atomic E-state index is 12.0. The molecule has 0 spiro atoms. The number of benzene rings is 3. The Morgan fingerprint density at radius 1 is 1.12 bits per heavy atom. The lowest BCUT2D eigenvalue weighted by Gasteiger charge is -2.11. The maximum atomic E-state index is 12.0. The van der Waals surface area contributed by atoms with E-state index in [0.29, 0.717) is 22.2 Å². The Morgan fingerprint density at radius 2 is 1.81 bits per heavy atom. The summed E-state index contributed by atoms with van der Waals surface area (Å²) in [4.78, 5) is 12.0. The zero-order chi connectivity index (χ0) is 18.4. The molecule has 26 heavy (non-hydrogen) atoms. The second-order valence-electron chi connectivity index (χ2n) is 6.29. The van der Waals surface area contributed by atoms with E-state index in [1.165, 1.54) is 0 Å². The number of hydrogen-bond acceptors (Lipinski definition) is 1. The predicted molar refractivity (Wildman–Crippen MR) is 107 cm³/mol. The van der Waals surface area contributed by atoms with Crippen LogP contribution in [0.4, 0.5) is 0 Å². The maximum Gasteiger partial charge on any atom is 0.249 e. The number of primary amides is 1. The highest BCUT2D eigenvalue weighted by Gasteiger charge is 2.18. The van der Waals surface area contributed by atoms with Crippen LogP contribution >= 0.6 is 23.2 Å². The number of carbonyl (C=O) groups is 1. The summed E-state index contributed by atoms with van der Waals surface area (Å²) in [6.07, 6.45) is 0. The van der Waals surface area contributed by atoms with Crippen LogP contribution in [0.2, 0.25) is 10.0 Å². The smallest absolute Gasteiger partial charge is 0.249 e. The van der Waals surface area contributed by atoms with Crippen LogP contribution in [0, 0.1) is 13.0 Å². The summed E-state index contributed by atoms with van der Waals surface area (Å²) in [5, 5.41) is 2.88. The second-order valence-corrected chi connectivity index (χ2v) is 7.10. The van der Waals surface area contributed by atoms with Crippen LogP contribution in [0.1, 0.15) is 21.5 Å². The molecule has 0 aliphatic heterocycles. The number of rotatable bonds is 3. The summed E-state index contributed by atoms with van der Waals surface area (Å²) in [6.45, 7) is 2.49. The Balaban J connectivity index is 2.09. The Kier molecular flexibility index (Phi) is 4.14. The molecule has 3 aromatic carbocycles. The summed E-state index contributed by atoms with van der Waals surface area (Å²) >= 11 is 12.8. The largest absolute Gasteiger partial charge is 0.366 e. The van der Waals surface area contributed by atoms with Crippen LogP contribution in [0.5, 0.6) is 0 Å². The molecule has 0 bridgehead atoms. The first kappa shape index (κ1) is 17.0. The number of carbonyl (C=O) groups excluding carboxylic acids is 1. The Labute approximate surface area is 160 Å². The topological polar surface area (TPSA) is 48.0 Å². The highest BCUT2D eigenvalue weighted by atomic mass is 35.5. The number of fused-ring (bicyclic) bond motifs is 3. The molecular formula is C21H15Cl2N2O. The van der Waals surface area contributed by atoms with Gasteiger partial charge in [-0.3, -0.25) is 4.79 Å². The molecule has 4 aromatic rings. The minimum absolute atomic E-state index is 0.459. The van der Waals surface area contributed by atoms with Crippen LogP contribution in [0.25, 0.3) is 21.8 Å². The molecule has 0 aliphatic carbocycles. The van der Waals surface area contributed by atoms with Gasteiger partial charge in [0.15, 0.2) is 0 Å². The molecule has 0 saturated heterocycles. The number of nitrogens with zero attached hydrogens (tertiary/aromatic N) is 1. The quantitative estimate of drug-likeness (QED) is 0.510. The van der Waals surface area contributed by atoms with E-state index in [2.05, 4.69) is 16.7 Å². The lowest BCUT2D eigenvalue weighted by Crippen LogP contribution is -2.11. The number of aromatic nitrogens is 1. The van der Waals surface area contributed by atoms with Gasteiger partial charge in [-0.1, -0.05) is 41.4 Å². The van der Waals surface area contributed by atoms with Crippen molar-refractivity contribution in [2.75, 3.05) is 0 Å². The van der Waals surface area contributed by atoms with Gasteiger partial charge in [0.2, 0.25) is 5.91 Å². The fraction of sp³-hybridized carbons (Fsp3) is 0.0952. The molecule has 2 N–H and O–H groups in total. The molecule has 0 atom stereocenters. The predicted octanol–water partition coefficient (Wildman–Crippen LogP) is 5.36. The van der Waals surface area contributed by atoms with E-state index in [0.717, 1.165) is 32.9 Å². The number of amides is 1. The van der Waals surface area contributed by atoms with Crippen molar-refractivity contribution in [1.29, 1.82) is 0 Å². The monoisotopic (exact) mass is 381 g/mol. The van der Waals surface area contributed by atoms with Gasteiger partial charge in [-0.25, -0.2) is 0 Å². The van der Waals surface area contributed by atoms with Crippen LogP contribution in [-0.4, -0.2) is 10.5 Å². The zero-order valence-corrected chi connectivity index (χ0v) is 15.5. The summed E-state index contributed by atoms with van der Waals surface area (Å²) in [5.41, 5.74) is 9.86. The molecule has 0 saturated carbocycles. The van der Waals surface area contributed by atoms with Gasteiger partial charge in [-0.05, 0) is 48.9 Å². The van der Waals surface area contributed by atoms with Gasteiger partial charge in [0, 0.05) is 31.9 Å². The van der Waals surface area contributed by atoms with Gasteiger partial charge >= 0.3 is 0 Å². The van der Waals surface area contributed by atoms with Gasteiger partial charge in [0.25, 0.3) is 0 Å². The number of halogens is 2. The lowest BCUT2D eigenvalue weighted by molar-refractivity contribution is 0.100. The van der Waals surface area contributed by atoms with Crippen molar-refractivity contribution in [3.05, 3.63) is 81.3 Å². The first-order valence-electron chi connectivity index (χ1n) is 8.13. The molecule has 5 heteroatoms. The van der Waals surface area contributed by atoms with E-state index in [-0.39, 0.29) is 0 Å². The summed E-state index contributed by atoms with van der Waals surface area (Å²) < 4.78 is 2.10. The molecule has 4 rings (SSSR count). The third-order valence-corrected chi connectivity index (χ3v) is 5.29. The van der Waals surface area contributed by atoms with E-state index in [9.17, 15) is 4.79 Å². The molecule has 1 heterocycles. The van der Waals surface area contributed by atoms with Gasteiger partial charge < -0.3 is 10.3 Å². The van der Waals surface area contributed by atoms with Crippen LogP contribution < -0.4 is 5.73 Å². The second kappa shape index (κ2) is 6.35. The zero-order valence-electron chi connectivity index (χ0n) is 14.0. The molecule has 1 radical (unpaired) electrons. The van der Waals surface area contributed by atoms with Gasteiger partial charge in [0.1, 0.15) is 0 Å². The normalized spacial score (nSPS) is 11.3. The SMILES string of the molecule is Cc1c[c]c2c3c(C(N)=O)cccc3n(Cc3c(Cl)cccc3Cl)c2c1. The van der Waals surface area contributed by atoms with Crippen LogP contribution in [0.15, 0.2) is 48.5 Å². The first-order chi connectivity index (χ1) is 12.5. The average molecular weight is 382 g/mol. The minimum Gasteiger partial charge on any atom is -0.366 e. The Morgan fingerprint density at radius 3 is 2.50 bits per heavy atom. The van der Waals surface area contributed by atoms with Gasteiger partial charge in [-0.2, -0.15) is 0 Å². The summed E-state index contributed by atoms with van der Waals surface area (Å²) in [7, 11) is 0. The van der Waals surface area contributed by atoms with Crippen LogP contribution in [0.3, 0.4) is 0 Å². The van der Waals surface area contributed by atoms with Gasteiger partial charge in [0.05, 0.1) is 17.6 Å². The van der Waals surface area contributed by atoms with Crippen molar-refractivity contribution < 1.29 is 4.79 Å². The summed E-state index contributed by atoms with van der Waals surface area (Å²) in [5.74, 6) is -0.459. The van der Waals surface area contributed by atoms with Gasteiger partial charge in [-0.15, -0.1) is 0 Å². The average Bonchev–Trinajstić information content (AvgIpc) is 2.91. The van der Waals surface area contributed by atoms with E-state index in [1.807, 2.05) is 43.3 Å². The molecule has 1 aromatic heterocycles. The molecular weight excluding hydrogens is 367 g/mol. The van der Waals surface area contributed by atoms with E-state index in [4.69, 9.17) is 28.9 Å². The Bertz CT molecular complexity index is 1160. The van der Waals surface area contributed by atoms with Crippen molar-refractivity contribution in [2.24, 2.45) is 5.73 Å². The standard InChI is InChI=1S/C21H15Cl2N2O/c1-12-8-9-13-19(10-12)25(11-15-16(22)5-3-6-17(15)23)18-7-2-4-14(20(13)18)21(24)26/h2-8,10H,11H2,1H3,(H2,24,26). The highest BCUT2D eigenvalue weighted by molar-refractivity contribution is 6.36. The Hall–Kier alpha value is -2.49. The molecule has 0 aliphatic rings. The molecule has 3 nitrogen and oxygen atoms in total. The fourth-order valence-corrected chi connectivity index (χ4v) is 3.89. The van der Waals surface area contributed by atoms with Crippen molar-refractivity contribution in [3.63, 3.8) is 0 Å². The number of nitrogens with two attached hydrogens (primary N) is 1. The van der Waals surface area contributed by atoms with Crippen molar-refractivity contribution in [2.45, 2.75) is 13.5 Å². The molecule has 129 valence electrons. The van der Waals surface area contributed by atoms with E-state index >= 15 is 0 Å². The van der Waals surface area contributed by atoms with Crippen LogP contribution in [-0.2, 0) is 6.54 Å². The lowest BCUT2D eigenvalue weighted by atomic mass is 10.1. The van der Waals surface area contributed by atoms with Crippen molar-refractivity contribution in [1.82, 2.24) is 4.57 Å². The van der Waals surface area contributed by atoms with Crippen molar-refractivity contribution in [3.8, 4) is 0 Å². The summed E-state index contributed by atoms with van der Waals surface area (Å²) in [6, 6.07) is 18.3. The third-order valence-electron chi connectivity index (χ3n) is 4.58. The fourth-order valence-electron chi connectivity index (χ4n) is 3.38. The van der Waals surface area contributed by atoms with E-state index in [1.54, 1.807) is 6.07 Å². The number of hydrogen-bond donors (Lipinski definition) is 1. The van der Waals surface area contributed by atoms with Crippen molar-refractivity contribution >= 4 is 50.9 Å².